The summed E-state index contributed by atoms with van der Waals surface area (Å²) in [4.78, 5) is 15.0. The summed E-state index contributed by atoms with van der Waals surface area (Å²) in [5, 5.41) is 3.25. The third kappa shape index (κ3) is 3.71. The van der Waals surface area contributed by atoms with Crippen LogP contribution in [0.25, 0.3) is 0 Å². The van der Waals surface area contributed by atoms with E-state index in [2.05, 4.69) is 52.7 Å². The number of nitrogens with one attached hydrogen (secondary N) is 1. The van der Waals surface area contributed by atoms with Gasteiger partial charge in [0.05, 0.1) is 0 Å². The third-order valence-electron chi connectivity index (χ3n) is 5.56. The summed E-state index contributed by atoms with van der Waals surface area (Å²) in [5.74, 6) is 0.0894. The Kier molecular flexibility index (Phi) is 4.73. The summed E-state index contributed by atoms with van der Waals surface area (Å²) in [7, 11) is 0. The average Bonchev–Trinajstić information content (AvgIpc) is 2.69. The molecule has 1 saturated heterocycles. The second kappa shape index (κ2) is 7.30. The largest absolute Gasteiger partial charge is 0.371 e. The van der Waals surface area contributed by atoms with E-state index in [1.54, 1.807) is 0 Å². The van der Waals surface area contributed by atoms with Crippen molar-refractivity contribution < 1.29 is 4.79 Å². The summed E-state index contributed by atoms with van der Waals surface area (Å²) in [6.45, 7) is 2.00. The molecule has 0 unspecified atom stereocenters. The van der Waals surface area contributed by atoms with Crippen molar-refractivity contribution in [3.63, 3.8) is 0 Å². The molecule has 0 atom stereocenters. The molecule has 1 aliphatic heterocycles. The van der Waals surface area contributed by atoms with Gasteiger partial charge in [-0.1, -0.05) is 24.3 Å². The van der Waals surface area contributed by atoms with E-state index < -0.39 is 0 Å². The lowest BCUT2D eigenvalue weighted by Crippen LogP contribution is -2.44. The van der Waals surface area contributed by atoms with Crippen molar-refractivity contribution in [1.82, 2.24) is 5.32 Å². The molecule has 0 saturated carbocycles. The van der Waals surface area contributed by atoms with Gasteiger partial charge in [-0.05, 0) is 73.9 Å². The van der Waals surface area contributed by atoms with Crippen LogP contribution in [0.15, 0.2) is 48.5 Å². The molecule has 1 fully saturated rings. The Morgan fingerprint density at radius 3 is 2.40 bits per heavy atom. The van der Waals surface area contributed by atoms with Crippen LogP contribution in [0.2, 0.25) is 0 Å². The second-order valence-corrected chi connectivity index (χ2v) is 7.26. The Hall–Kier alpha value is -2.29. The smallest absolute Gasteiger partial charge is 0.251 e. The molecule has 2 aromatic carbocycles. The molecule has 0 radical (unpaired) electrons. The molecule has 2 aliphatic rings. The van der Waals surface area contributed by atoms with Crippen LogP contribution in [0.4, 0.5) is 5.69 Å². The molecule has 4 rings (SSSR count). The minimum atomic E-state index is 0.0894. The fourth-order valence-electron chi connectivity index (χ4n) is 4.06. The highest BCUT2D eigenvalue weighted by molar-refractivity contribution is 5.94. The predicted molar refractivity (Wildman–Crippen MR) is 102 cm³/mol. The fraction of sp³-hybridized carbons (Fsp3) is 0.409. The van der Waals surface area contributed by atoms with Crippen LogP contribution in [-0.4, -0.2) is 25.0 Å². The third-order valence-corrected chi connectivity index (χ3v) is 5.56. The number of aryl methyl sites for hydroxylation is 2. The molecule has 1 heterocycles. The molecule has 3 heteroatoms. The van der Waals surface area contributed by atoms with Gasteiger partial charge in [-0.2, -0.15) is 0 Å². The van der Waals surface area contributed by atoms with E-state index in [0.29, 0.717) is 0 Å². The first-order valence-electron chi connectivity index (χ1n) is 9.52. The van der Waals surface area contributed by atoms with Crippen LogP contribution in [0, 0.1) is 0 Å². The van der Waals surface area contributed by atoms with E-state index in [1.807, 2.05) is 6.07 Å². The Bertz CT molecular complexity index is 733. The van der Waals surface area contributed by atoms with Crippen molar-refractivity contribution in [2.45, 2.75) is 44.6 Å². The minimum Gasteiger partial charge on any atom is -0.371 e. The molecule has 1 amide bonds. The maximum Gasteiger partial charge on any atom is 0.251 e. The van der Waals surface area contributed by atoms with Gasteiger partial charge in [0.15, 0.2) is 0 Å². The number of hydrogen-bond acceptors (Lipinski definition) is 2. The van der Waals surface area contributed by atoms with Crippen LogP contribution in [0.3, 0.4) is 0 Å². The topological polar surface area (TPSA) is 32.3 Å². The van der Waals surface area contributed by atoms with Crippen LogP contribution in [-0.2, 0) is 12.8 Å². The van der Waals surface area contributed by atoms with Crippen LogP contribution >= 0.6 is 0 Å². The molecule has 0 aromatic heterocycles. The fourth-order valence-corrected chi connectivity index (χ4v) is 4.06. The molecule has 0 bridgehead atoms. The number of carbonyl (C=O) groups is 1. The molecule has 25 heavy (non-hydrogen) atoms. The number of fused-ring (bicyclic) bond motifs is 1. The number of amides is 1. The summed E-state index contributed by atoms with van der Waals surface area (Å²) in [6, 6.07) is 17.1. The van der Waals surface area contributed by atoms with Crippen molar-refractivity contribution in [2.24, 2.45) is 0 Å². The van der Waals surface area contributed by atoms with Gasteiger partial charge in [0.2, 0.25) is 0 Å². The maximum absolute atomic E-state index is 12.6. The van der Waals surface area contributed by atoms with Gasteiger partial charge in [-0.15, -0.1) is 0 Å². The maximum atomic E-state index is 12.6. The minimum absolute atomic E-state index is 0.0894. The van der Waals surface area contributed by atoms with E-state index in [1.165, 1.54) is 29.7 Å². The van der Waals surface area contributed by atoms with E-state index in [-0.39, 0.29) is 11.9 Å². The highest BCUT2D eigenvalue weighted by Gasteiger charge is 2.22. The van der Waals surface area contributed by atoms with Crippen molar-refractivity contribution in [2.75, 3.05) is 18.0 Å². The first-order chi connectivity index (χ1) is 12.3. The first-order valence-corrected chi connectivity index (χ1v) is 9.52. The van der Waals surface area contributed by atoms with E-state index in [4.69, 9.17) is 0 Å². The van der Waals surface area contributed by atoms with Gasteiger partial charge in [-0.25, -0.2) is 0 Å². The van der Waals surface area contributed by atoms with Crippen LogP contribution in [0.5, 0.6) is 0 Å². The molecular weight excluding hydrogens is 308 g/mol. The number of benzene rings is 2. The van der Waals surface area contributed by atoms with Gasteiger partial charge in [0.1, 0.15) is 0 Å². The molecular formula is C22H26N2O. The molecule has 2 aromatic rings. The SMILES string of the molecule is O=C(NC1CCN(c2ccccc2)CC1)c1ccc2c(c1)CCCC2. The highest BCUT2D eigenvalue weighted by atomic mass is 16.1. The van der Waals surface area contributed by atoms with Crippen LogP contribution < -0.4 is 10.2 Å². The number of rotatable bonds is 3. The first kappa shape index (κ1) is 16.2. The van der Waals surface area contributed by atoms with Crippen LogP contribution in [0.1, 0.15) is 47.2 Å². The molecule has 0 spiro atoms. The normalized spacial score (nSPS) is 17.8. The Balaban J connectivity index is 1.35. The van der Waals surface area contributed by atoms with Gasteiger partial charge >= 0.3 is 0 Å². The van der Waals surface area contributed by atoms with Gasteiger partial charge < -0.3 is 10.2 Å². The van der Waals surface area contributed by atoms with Gasteiger partial charge in [0.25, 0.3) is 5.91 Å². The van der Waals surface area contributed by atoms with E-state index in [9.17, 15) is 4.79 Å². The number of carbonyl (C=O) groups excluding carboxylic acids is 1. The molecule has 1 N–H and O–H groups in total. The van der Waals surface area contributed by atoms with Gasteiger partial charge in [-0.3, -0.25) is 4.79 Å². The Labute approximate surface area is 150 Å². The number of para-hydroxylation sites is 1. The molecule has 3 nitrogen and oxygen atoms in total. The number of nitrogens with zero attached hydrogens (tertiary/aromatic N) is 1. The number of anilines is 1. The Morgan fingerprint density at radius 1 is 0.920 bits per heavy atom. The second-order valence-electron chi connectivity index (χ2n) is 7.26. The predicted octanol–water partition coefficient (Wildman–Crippen LogP) is 3.96. The molecule has 1 aliphatic carbocycles. The zero-order valence-electron chi connectivity index (χ0n) is 14.7. The van der Waals surface area contributed by atoms with Crippen molar-refractivity contribution >= 4 is 11.6 Å². The summed E-state index contributed by atoms with van der Waals surface area (Å²) >= 11 is 0. The average molecular weight is 334 g/mol. The van der Waals surface area contributed by atoms with Crippen molar-refractivity contribution in [1.29, 1.82) is 0 Å². The van der Waals surface area contributed by atoms with E-state index >= 15 is 0 Å². The molecule has 130 valence electrons. The zero-order chi connectivity index (χ0) is 17.1. The summed E-state index contributed by atoms with van der Waals surface area (Å²) in [6.07, 6.45) is 6.81. The van der Waals surface area contributed by atoms with Crippen molar-refractivity contribution in [3.05, 3.63) is 65.2 Å². The lowest BCUT2D eigenvalue weighted by atomic mass is 9.90. The zero-order valence-corrected chi connectivity index (χ0v) is 14.7. The standard InChI is InChI=1S/C22H26N2O/c25-22(19-11-10-17-6-4-5-7-18(17)16-19)23-20-12-14-24(15-13-20)21-8-2-1-3-9-21/h1-3,8-11,16,20H,4-7,12-15H2,(H,23,25). The quantitative estimate of drug-likeness (QED) is 0.921. The lowest BCUT2D eigenvalue weighted by molar-refractivity contribution is 0.0931. The van der Waals surface area contributed by atoms with Crippen molar-refractivity contribution in [3.8, 4) is 0 Å². The Morgan fingerprint density at radius 2 is 1.64 bits per heavy atom. The lowest BCUT2D eigenvalue weighted by Gasteiger charge is -2.34. The van der Waals surface area contributed by atoms with E-state index in [0.717, 1.165) is 44.3 Å². The van der Waals surface area contributed by atoms with Gasteiger partial charge in [0, 0.05) is 30.4 Å². The summed E-state index contributed by atoms with van der Waals surface area (Å²) in [5.41, 5.74) is 4.91. The monoisotopic (exact) mass is 334 g/mol. The number of piperidine rings is 1. The summed E-state index contributed by atoms with van der Waals surface area (Å²) < 4.78 is 0. The highest BCUT2D eigenvalue weighted by Crippen LogP contribution is 2.23. The number of hydrogen-bond donors (Lipinski definition) is 1.